The average Bonchev–Trinajstić information content (AvgIpc) is 3.51. The molecule has 33 heavy (non-hydrogen) atoms. The Bertz CT molecular complexity index is 1140. The summed E-state index contributed by atoms with van der Waals surface area (Å²) in [7, 11) is 0. The summed E-state index contributed by atoms with van der Waals surface area (Å²) in [5.74, 6) is 0.576. The molecule has 2 aromatic carbocycles. The molecule has 0 aliphatic carbocycles. The number of urea groups is 1. The van der Waals surface area contributed by atoms with Gasteiger partial charge in [0.05, 0.1) is 24.8 Å². The Labute approximate surface area is 185 Å². The molecule has 12 heteroatoms. The van der Waals surface area contributed by atoms with Gasteiger partial charge in [-0.2, -0.15) is 13.2 Å². The number of nitrogens with zero attached hydrogens (tertiary/aromatic N) is 4. The van der Waals surface area contributed by atoms with E-state index in [0.29, 0.717) is 5.82 Å². The average molecular weight is 460 g/mol. The number of alkyl halides is 3. The maximum absolute atomic E-state index is 12.9. The molecule has 0 radical (unpaired) electrons. The van der Waals surface area contributed by atoms with Crippen molar-refractivity contribution >= 4 is 11.7 Å². The molecule has 0 spiro atoms. The highest BCUT2D eigenvalue weighted by Crippen LogP contribution is 2.36. The van der Waals surface area contributed by atoms with Crippen LogP contribution in [0.5, 0.6) is 0 Å². The van der Waals surface area contributed by atoms with Crippen LogP contribution in [-0.4, -0.2) is 57.7 Å². The largest absolute Gasteiger partial charge is 0.416 e. The van der Waals surface area contributed by atoms with Crippen LogP contribution in [0.3, 0.4) is 0 Å². The van der Waals surface area contributed by atoms with Crippen LogP contribution < -0.4 is 10.6 Å². The quantitative estimate of drug-likeness (QED) is 0.621. The fourth-order valence-electron chi connectivity index (χ4n) is 4.12. The minimum Gasteiger partial charge on any atom is -0.371 e. The van der Waals surface area contributed by atoms with E-state index in [1.807, 2.05) is 30.3 Å². The van der Waals surface area contributed by atoms with Crippen molar-refractivity contribution in [2.24, 2.45) is 0 Å². The standard InChI is InChI=1S/C21H19F3N6O3/c22-21(23,24)13-7-4-8-14(9-13)25-20(31)26-15-10-32-18-16(11-33-17(15)18)30-19(27-28-29-30)12-5-2-1-3-6-12/h1-9,15-18H,10-11H2,(H2,25,26,31)/t15-,16+,17-,18+/m0/s1. The second kappa shape index (κ2) is 8.45. The Morgan fingerprint density at radius 2 is 1.82 bits per heavy atom. The van der Waals surface area contributed by atoms with Crippen LogP contribution in [0.2, 0.25) is 0 Å². The Morgan fingerprint density at radius 3 is 2.61 bits per heavy atom. The van der Waals surface area contributed by atoms with Gasteiger partial charge in [0.25, 0.3) is 0 Å². The second-order valence-corrected chi connectivity index (χ2v) is 7.76. The summed E-state index contributed by atoms with van der Waals surface area (Å²) in [6.45, 7) is 0.471. The van der Waals surface area contributed by atoms with Crippen molar-refractivity contribution in [2.75, 3.05) is 18.5 Å². The van der Waals surface area contributed by atoms with Gasteiger partial charge in [-0.15, -0.1) is 5.10 Å². The van der Waals surface area contributed by atoms with Crippen LogP contribution in [0.4, 0.5) is 23.7 Å². The lowest BCUT2D eigenvalue weighted by atomic mass is 10.1. The number of aromatic nitrogens is 4. The van der Waals surface area contributed by atoms with Crippen molar-refractivity contribution in [3.05, 3.63) is 60.2 Å². The number of carbonyl (C=O) groups is 1. The first kappa shape index (κ1) is 21.3. The predicted octanol–water partition coefficient (Wildman–Crippen LogP) is 2.89. The van der Waals surface area contributed by atoms with Crippen molar-refractivity contribution in [3.63, 3.8) is 0 Å². The van der Waals surface area contributed by atoms with Gasteiger partial charge in [-0.05, 0) is 28.6 Å². The number of hydrogen-bond acceptors (Lipinski definition) is 6. The molecule has 9 nitrogen and oxygen atoms in total. The van der Waals surface area contributed by atoms with E-state index in [0.717, 1.165) is 17.7 Å². The molecular formula is C21H19F3N6O3. The predicted molar refractivity (Wildman–Crippen MR) is 109 cm³/mol. The zero-order valence-corrected chi connectivity index (χ0v) is 17.1. The molecule has 1 aromatic heterocycles. The Kier molecular flexibility index (Phi) is 5.46. The summed E-state index contributed by atoms with van der Waals surface area (Å²) < 4.78 is 52.1. The van der Waals surface area contributed by atoms with Gasteiger partial charge in [0.1, 0.15) is 18.2 Å². The summed E-state index contributed by atoms with van der Waals surface area (Å²) in [5, 5.41) is 17.2. The fourth-order valence-corrected chi connectivity index (χ4v) is 4.12. The van der Waals surface area contributed by atoms with Crippen molar-refractivity contribution in [1.29, 1.82) is 0 Å². The van der Waals surface area contributed by atoms with Gasteiger partial charge in [-0.25, -0.2) is 9.48 Å². The normalized spacial score (nSPS) is 24.5. The van der Waals surface area contributed by atoms with Crippen molar-refractivity contribution in [1.82, 2.24) is 25.5 Å². The van der Waals surface area contributed by atoms with Crippen molar-refractivity contribution in [2.45, 2.75) is 30.5 Å². The SMILES string of the molecule is O=C(Nc1cccc(C(F)(F)F)c1)N[C@H]1CO[C@H]2[C@H]1OC[C@H]2n1nnnc1-c1ccccc1. The van der Waals surface area contributed by atoms with E-state index in [4.69, 9.17) is 9.47 Å². The number of amides is 2. The molecule has 172 valence electrons. The van der Waals surface area contributed by atoms with Gasteiger partial charge in [-0.1, -0.05) is 36.4 Å². The smallest absolute Gasteiger partial charge is 0.371 e. The molecule has 3 heterocycles. The summed E-state index contributed by atoms with van der Waals surface area (Å²) in [6.07, 6.45) is -5.34. The lowest BCUT2D eigenvalue weighted by Gasteiger charge is -2.18. The van der Waals surface area contributed by atoms with Gasteiger partial charge in [0.15, 0.2) is 5.82 Å². The number of carbonyl (C=O) groups excluding carboxylic acids is 1. The van der Waals surface area contributed by atoms with Crippen LogP contribution in [0.15, 0.2) is 54.6 Å². The van der Waals surface area contributed by atoms with Crippen LogP contribution >= 0.6 is 0 Å². The molecule has 2 N–H and O–H groups in total. The third-order valence-corrected chi connectivity index (χ3v) is 5.63. The lowest BCUT2D eigenvalue weighted by Crippen LogP contribution is -2.45. The Hall–Kier alpha value is -3.51. The summed E-state index contributed by atoms with van der Waals surface area (Å²) >= 11 is 0. The highest BCUT2D eigenvalue weighted by molar-refractivity contribution is 5.89. The first-order valence-corrected chi connectivity index (χ1v) is 10.2. The number of hydrogen-bond donors (Lipinski definition) is 2. The van der Waals surface area contributed by atoms with Crippen LogP contribution in [0.1, 0.15) is 11.6 Å². The highest BCUT2D eigenvalue weighted by Gasteiger charge is 2.50. The molecule has 2 saturated heterocycles. The van der Waals surface area contributed by atoms with Gasteiger partial charge >= 0.3 is 12.2 Å². The number of rotatable bonds is 4. The highest BCUT2D eigenvalue weighted by atomic mass is 19.4. The van der Waals surface area contributed by atoms with E-state index in [-0.39, 0.29) is 24.9 Å². The van der Waals surface area contributed by atoms with E-state index < -0.39 is 36.0 Å². The maximum atomic E-state index is 12.9. The van der Waals surface area contributed by atoms with Gasteiger partial charge in [0, 0.05) is 11.3 Å². The third-order valence-electron chi connectivity index (χ3n) is 5.63. The molecule has 2 amide bonds. The Morgan fingerprint density at radius 1 is 1.03 bits per heavy atom. The van der Waals surface area contributed by atoms with E-state index in [1.165, 1.54) is 12.1 Å². The fraction of sp³-hybridized carbons (Fsp3) is 0.333. The second-order valence-electron chi connectivity index (χ2n) is 7.76. The minimum absolute atomic E-state index is 0.0317. The lowest BCUT2D eigenvalue weighted by molar-refractivity contribution is -0.137. The summed E-state index contributed by atoms with van der Waals surface area (Å²) in [6, 6.07) is 12.5. The minimum atomic E-state index is -4.50. The molecule has 2 aliphatic rings. The number of tetrazole rings is 1. The molecular weight excluding hydrogens is 441 g/mol. The molecule has 0 saturated carbocycles. The number of halogens is 3. The zero-order chi connectivity index (χ0) is 23.0. The van der Waals surface area contributed by atoms with E-state index in [2.05, 4.69) is 26.2 Å². The molecule has 5 rings (SSSR count). The van der Waals surface area contributed by atoms with Gasteiger partial charge < -0.3 is 20.1 Å². The number of nitrogens with one attached hydrogen (secondary N) is 2. The molecule has 0 unspecified atom stereocenters. The van der Waals surface area contributed by atoms with Gasteiger partial charge in [-0.3, -0.25) is 0 Å². The van der Waals surface area contributed by atoms with E-state index >= 15 is 0 Å². The molecule has 0 bridgehead atoms. The third kappa shape index (κ3) is 4.26. The molecule has 2 fully saturated rings. The molecule has 2 aliphatic heterocycles. The number of anilines is 1. The van der Waals surface area contributed by atoms with Crippen molar-refractivity contribution in [3.8, 4) is 11.4 Å². The zero-order valence-electron chi connectivity index (χ0n) is 17.1. The van der Waals surface area contributed by atoms with Crippen LogP contribution in [0.25, 0.3) is 11.4 Å². The van der Waals surface area contributed by atoms with Crippen molar-refractivity contribution < 1.29 is 27.4 Å². The van der Waals surface area contributed by atoms with Gasteiger partial charge in [0.2, 0.25) is 0 Å². The number of benzene rings is 2. The van der Waals surface area contributed by atoms with E-state index in [1.54, 1.807) is 4.68 Å². The first-order valence-electron chi connectivity index (χ1n) is 10.2. The number of ether oxygens (including phenoxy) is 2. The van der Waals surface area contributed by atoms with E-state index in [9.17, 15) is 18.0 Å². The molecule has 3 aromatic rings. The summed E-state index contributed by atoms with van der Waals surface area (Å²) in [5.41, 5.74) is 0.0329. The number of fused-ring (bicyclic) bond motifs is 1. The molecule has 4 atom stereocenters. The monoisotopic (exact) mass is 460 g/mol. The topological polar surface area (TPSA) is 103 Å². The first-order chi connectivity index (χ1) is 15.9. The van der Waals surface area contributed by atoms with Crippen LogP contribution in [-0.2, 0) is 15.7 Å². The van der Waals surface area contributed by atoms with Crippen LogP contribution in [0, 0.1) is 0 Å². The Balaban J connectivity index is 1.25. The maximum Gasteiger partial charge on any atom is 0.416 e. The summed E-state index contributed by atoms with van der Waals surface area (Å²) in [4.78, 5) is 12.4.